The van der Waals surface area contributed by atoms with Crippen molar-refractivity contribution in [1.82, 2.24) is 19.4 Å². The zero-order chi connectivity index (χ0) is 14.3. The summed E-state index contributed by atoms with van der Waals surface area (Å²) in [7, 11) is 0. The van der Waals surface area contributed by atoms with Crippen molar-refractivity contribution >= 4 is 17.2 Å². The number of imidazole rings is 1. The quantitative estimate of drug-likeness (QED) is 0.640. The van der Waals surface area contributed by atoms with Gasteiger partial charge in [0, 0.05) is 23.9 Å². The van der Waals surface area contributed by atoms with Crippen molar-refractivity contribution in [3.63, 3.8) is 0 Å². The average molecular weight is 287 g/mol. The lowest BCUT2D eigenvalue weighted by molar-refractivity contribution is 0.546. The normalized spacial score (nSPS) is 12.0. The van der Waals surface area contributed by atoms with E-state index in [2.05, 4.69) is 35.7 Å². The van der Waals surface area contributed by atoms with Crippen LogP contribution >= 0.6 is 11.6 Å². The van der Waals surface area contributed by atoms with Crippen LogP contribution in [0.2, 0.25) is 5.15 Å². The molecule has 0 saturated carbocycles. The van der Waals surface area contributed by atoms with E-state index in [1.165, 1.54) is 0 Å². The van der Waals surface area contributed by atoms with Crippen molar-refractivity contribution in [3.05, 3.63) is 47.6 Å². The maximum absolute atomic E-state index is 6.16. The summed E-state index contributed by atoms with van der Waals surface area (Å²) in [6, 6.07) is 7.70. The molecule has 4 nitrogen and oxygen atoms in total. The van der Waals surface area contributed by atoms with E-state index in [4.69, 9.17) is 11.6 Å². The van der Waals surface area contributed by atoms with E-state index >= 15 is 0 Å². The van der Waals surface area contributed by atoms with Gasteiger partial charge in [0.2, 0.25) is 0 Å². The fraction of sp³-hybridized carbons (Fsp3) is 0.267. The van der Waals surface area contributed by atoms with Crippen molar-refractivity contribution in [3.8, 4) is 11.4 Å². The molecule has 102 valence electrons. The summed E-state index contributed by atoms with van der Waals surface area (Å²) in [5.74, 6) is 0.733. The summed E-state index contributed by atoms with van der Waals surface area (Å²) < 4.78 is 1.99. The van der Waals surface area contributed by atoms with Gasteiger partial charge in [-0.25, -0.2) is 15.0 Å². The molecule has 0 atom stereocenters. The molecular weight excluding hydrogens is 272 g/mol. The van der Waals surface area contributed by atoms with Gasteiger partial charge in [0.05, 0.1) is 11.4 Å². The summed E-state index contributed by atoms with van der Waals surface area (Å²) in [4.78, 5) is 13.3. The predicted octanol–water partition coefficient (Wildman–Crippen LogP) is 3.74. The molecule has 0 aliphatic heterocycles. The molecule has 0 N–H and O–H groups in total. The highest BCUT2D eigenvalue weighted by Crippen LogP contribution is 2.25. The number of aromatic nitrogens is 4. The van der Waals surface area contributed by atoms with Gasteiger partial charge in [-0.2, -0.15) is 0 Å². The van der Waals surface area contributed by atoms with Crippen molar-refractivity contribution < 1.29 is 0 Å². The summed E-state index contributed by atoms with van der Waals surface area (Å²) >= 11 is 6.16. The second-order valence-electron chi connectivity index (χ2n) is 5.72. The van der Waals surface area contributed by atoms with Crippen molar-refractivity contribution in [1.29, 1.82) is 0 Å². The Morgan fingerprint density at radius 1 is 1.15 bits per heavy atom. The number of hydrogen-bond acceptors (Lipinski definition) is 3. The highest BCUT2D eigenvalue weighted by atomic mass is 35.5. The molecule has 0 amide bonds. The predicted molar refractivity (Wildman–Crippen MR) is 79.9 cm³/mol. The van der Waals surface area contributed by atoms with Crippen LogP contribution in [0.25, 0.3) is 17.0 Å². The molecule has 0 aromatic carbocycles. The number of nitrogens with zero attached hydrogens (tertiary/aromatic N) is 4. The molecule has 0 radical (unpaired) electrons. The van der Waals surface area contributed by atoms with Gasteiger partial charge >= 0.3 is 0 Å². The smallest absolute Gasteiger partial charge is 0.137 e. The van der Waals surface area contributed by atoms with E-state index in [-0.39, 0.29) is 5.41 Å². The van der Waals surface area contributed by atoms with Gasteiger partial charge in [-0.15, -0.1) is 0 Å². The second-order valence-corrected chi connectivity index (χ2v) is 6.10. The first-order chi connectivity index (χ1) is 9.45. The molecule has 0 aliphatic carbocycles. The van der Waals surface area contributed by atoms with Crippen LogP contribution in [0, 0.1) is 0 Å². The minimum atomic E-state index is -0.150. The van der Waals surface area contributed by atoms with Gasteiger partial charge in [-0.1, -0.05) is 38.4 Å². The topological polar surface area (TPSA) is 43.1 Å². The molecule has 3 heterocycles. The third-order valence-electron chi connectivity index (χ3n) is 3.06. The van der Waals surface area contributed by atoms with Crippen LogP contribution in [0.1, 0.15) is 26.6 Å². The first-order valence-corrected chi connectivity index (χ1v) is 6.80. The molecule has 5 heteroatoms. The molecular formula is C15H15ClN4. The van der Waals surface area contributed by atoms with Crippen molar-refractivity contribution in [2.24, 2.45) is 0 Å². The minimum absolute atomic E-state index is 0.150. The van der Waals surface area contributed by atoms with Gasteiger partial charge in [0.1, 0.15) is 16.6 Å². The third-order valence-corrected chi connectivity index (χ3v) is 3.25. The monoisotopic (exact) mass is 286 g/mol. The summed E-state index contributed by atoms with van der Waals surface area (Å²) in [5.41, 5.74) is 2.49. The Kier molecular flexibility index (Phi) is 2.98. The zero-order valence-corrected chi connectivity index (χ0v) is 12.4. The van der Waals surface area contributed by atoms with E-state index in [1.807, 2.05) is 28.8 Å². The van der Waals surface area contributed by atoms with E-state index in [0.29, 0.717) is 5.15 Å². The zero-order valence-electron chi connectivity index (χ0n) is 11.6. The van der Waals surface area contributed by atoms with E-state index in [9.17, 15) is 0 Å². The molecule has 3 aromatic rings. The molecule has 0 fully saturated rings. The van der Waals surface area contributed by atoms with Gasteiger partial charge < -0.3 is 0 Å². The second kappa shape index (κ2) is 4.56. The van der Waals surface area contributed by atoms with Crippen molar-refractivity contribution in [2.75, 3.05) is 0 Å². The van der Waals surface area contributed by atoms with Crippen molar-refractivity contribution in [2.45, 2.75) is 26.2 Å². The summed E-state index contributed by atoms with van der Waals surface area (Å²) in [6.45, 7) is 6.21. The highest BCUT2D eigenvalue weighted by molar-refractivity contribution is 6.29. The Balaban J connectivity index is 2.24. The number of rotatable bonds is 1. The lowest BCUT2D eigenvalue weighted by atomic mass is 9.95. The fourth-order valence-electron chi connectivity index (χ4n) is 2.04. The first kappa shape index (κ1) is 13.1. The van der Waals surface area contributed by atoms with Crippen LogP contribution in [-0.2, 0) is 5.41 Å². The summed E-state index contributed by atoms with van der Waals surface area (Å²) in [5, 5.41) is 0.456. The number of pyridine rings is 1. The maximum atomic E-state index is 6.16. The molecule has 0 unspecified atom stereocenters. The molecule has 0 aliphatic rings. The van der Waals surface area contributed by atoms with E-state index in [0.717, 1.165) is 22.9 Å². The van der Waals surface area contributed by atoms with Gasteiger partial charge in [-0.3, -0.25) is 4.40 Å². The minimum Gasteiger partial charge on any atom is -0.298 e. The average Bonchev–Trinajstić information content (AvgIpc) is 2.84. The fourth-order valence-corrected chi connectivity index (χ4v) is 2.22. The first-order valence-electron chi connectivity index (χ1n) is 6.43. The molecule has 3 rings (SSSR count). The Bertz CT molecular complexity index is 771. The number of fused-ring (bicyclic) bond motifs is 1. The van der Waals surface area contributed by atoms with Gasteiger partial charge in [-0.05, 0) is 12.1 Å². The van der Waals surface area contributed by atoms with Crippen LogP contribution < -0.4 is 0 Å². The van der Waals surface area contributed by atoms with Crippen LogP contribution in [0.3, 0.4) is 0 Å². The SMILES string of the molecule is CC(C)(C)c1nc(Cl)cc(-c2cccc3nccn23)n1. The van der Waals surface area contributed by atoms with Crippen LogP contribution in [-0.4, -0.2) is 19.4 Å². The Morgan fingerprint density at radius 3 is 2.70 bits per heavy atom. The Hall–Kier alpha value is -1.94. The summed E-state index contributed by atoms with van der Waals surface area (Å²) in [6.07, 6.45) is 3.68. The van der Waals surface area contributed by atoms with Gasteiger partial charge in [0.15, 0.2) is 0 Å². The molecule has 20 heavy (non-hydrogen) atoms. The van der Waals surface area contributed by atoms with Crippen LogP contribution in [0.15, 0.2) is 36.7 Å². The lowest BCUT2D eigenvalue weighted by Gasteiger charge is -2.17. The van der Waals surface area contributed by atoms with Crippen LogP contribution in [0.4, 0.5) is 0 Å². The van der Waals surface area contributed by atoms with Crippen LogP contribution in [0.5, 0.6) is 0 Å². The molecule has 0 bridgehead atoms. The maximum Gasteiger partial charge on any atom is 0.137 e. The van der Waals surface area contributed by atoms with Gasteiger partial charge in [0.25, 0.3) is 0 Å². The molecule has 0 saturated heterocycles. The van der Waals surface area contributed by atoms with E-state index < -0.39 is 0 Å². The number of hydrogen-bond donors (Lipinski definition) is 0. The largest absolute Gasteiger partial charge is 0.298 e. The molecule has 0 spiro atoms. The number of halogens is 1. The lowest BCUT2D eigenvalue weighted by Crippen LogP contribution is -2.16. The third kappa shape index (κ3) is 2.27. The van der Waals surface area contributed by atoms with E-state index in [1.54, 1.807) is 12.3 Å². The molecule has 3 aromatic heterocycles. The highest BCUT2D eigenvalue weighted by Gasteiger charge is 2.19. The Labute approximate surface area is 122 Å². The Morgan fingerprint density at radius 2 is 1.95 bits per heavy atom. The standard InChI is InChI=1S/C15H15ClN4/c1-15(2,3)14-18-10(9-12(16)19-14)11-5-4-6-13-17-7-8-20(11)13/h4-9H,1-3H3.